The third-order valence-corrected chi connectivity index (χ3v) is 6.14. The normalized spacial score (nSPS) is 31.3. The first-order valence-corrected chi connectivity index (χ1v) is 8.63. The predicted molar refractivity (Wildman–Crippen MR) is 80.8 cm³/mol. The highest BCUT2D eigenvalue weighted by Crippen LogP contribution is 2.50. The summed E-state index contributed by atoms with van der Waals surface area (Å²) in [7, 11) is 0. The third-order valence-electron chi connectivity index (χ3n) is 5.23. The second-order valence-electron chi connectivity index (χ2n) is 6.51. The maximum Gasteiger partial charge on any atom is 0.142 e. The van der Waals surface area contributed by atoms with E-state index in [0.29, 0.717) is 0 Å². The van der Waals surface area contributed by atoms with E-state index in [1.807, 2.05) is 0 Å². The van der Waals surface area contributed by atoms with Crippen LogP contribution in [-0.4, -0.2) is 17.0 Å². The van der Waals surface area contributed by atoms with Crippen LogP contribution in [0.2, 0.25) is 0 Å². The van der Waals surface area contributed by atoms with E-state index in [9.17, 15) is 0 Å². The molecule has 2 saturated carbocycles. The summed E-state index contributed by atoms with van der Waals surface area (Å²) in [5.74, 6) is 2.47. The van der Waals surface area contributed by atoms with E-state index in [1.165, 1.54) is 68.5 Å². The van der Waals surface area contributed by atoms with Crippen LogP contribution in [-0.2, 0) is 0 Å². The lowest BCUT2D eigenvalue weighted by Gasteiger charge is -2.45. The van der Waals surface area contributed by atoms with Gasteiger partial charge in [0.1, 0.15) is 10.8 Å². The van der Waals surface area contributed by atoms with Crippen molar-refractivity contribution in [2.75, 3.05) is 17.2 Å². The summed E-state index contributed by atoms with van der Waals surface area (Å²) in [6, 6.07) is 0.778. The van der Waals surface area contributed by atoms with Crippen molar-refractivity contribution in [3.63, 3.8) is 0 Å². The third kappa shape index (κ3) is 2.04. The van der Waals surface area contributed by atoms with Crippen LogP contribution in [0.3, 0.4) is 0 Å². The van der Waals surface area contributed by atoms with Gasteiger partial charge in [-0.1, -0.05) is 12.8 Å². The van der Waals surface area contributed by atoms with Gasteiger partial charge in [-0.25, -0.2) is 0 Å². The van der Waals surface area contributed by atoms with Gasteiger partial charge in [0.25, 0.3) is 0 Å². The summed E-state index contributed by atoms with van der Waals surface area (Å²) >= 11 is 1.66. The fourth-order valence-electron chi connectivity index (χ4n) is 4.14. The molecule has 3 aliphatic rings. The number of hydrogen-bond donors (Lipinski definition) is 1. The molecule has 0 aromatic carbocycles. The molecule has 3 fully saturated rings. The minimum absolute atomic E-state index is 0.720. The lowest BCUT2D eigenvalue weighted by molar-refractivity contribution is 0.244. The molecule has 0 spiro atoms. The zero-order valence-electron chi connectivity index (χ0n) is 11.5. The molecule has 0 bridgehead atoms. The Balaban J connectivity index is 1.66. The number of nitrogen functional groups attached to an aromatic ring is 1. The molecular weight excluding hydrogens is 254 g/mol. The van der Waals surface area contributed by atoms with Crippen LogP contribution in [0.1, 0.15) is 62.8 Å². The first-order chi connectivity index (χ1) is 9.34. The average molecular weight is 277 g/mol. The number of fused-ring (bicyclic) bond motifs is 1. The minimum atomic E-state index is 0.720. The molecule has 2 atom stereocenters. The molecule has 1 saturated heterocycles. The molecular formula is C15H23N3S. The van der Waals surface area contributed by atoms with Crippen LogP contribution in [0.25, 0.3) is 0 Å². The van der Waals surface area contributed by atoms with Crippen LogP contribution >= 0.6 is 11.5 Å². The minimum Gasteiger partial charge on any atom is -0.383 e. The standard InChI is InChI=1S/C15H23N3S/c16-14-13(11-7-8-11)15(19-17-14)18-9-3-5-10-4-1-2-6-12(10)18/h10-12H,1-9H2,(H2,16,17)/t10-,12-/m1/s1. The number of nitrogens with zero attached hydrogens (tertiary/aromatic N) is 2. The van der Waals surface area contributed by atoms with Gasteiger partial charge in [-0.15, -0.1) is 0 Å². The van der Waals surface area contributed by atoms with Gasteiger partial charge < -0.3 is 10.6 Å². The molecule has 2 aliphatic carbocycles. The molecule has 1 aliphatic heterocycles. The zero-order valence-corrected chi connectivity index (χ0v) is 12.3. The highest BCUT2D eigenvalue weighted by atomic mass is 32.1. The Morgan fingerprint density at radius 2 is 1.84 bits per heavy atom. The van der Waals surface area contributed by atoms with Crippen LogP contribution in [0.4, 0.5) is 10.8 Å². The number of hydrogen-bond acceptors (Lipinski definition) is 4. The highest BCUT2D eigenvalue weighted by molar-refractivity contribution is 7.10. The summed E-state index contributed by atoms with van der Waals surface area (Å²) in [5, 5.41) is 1.43. The summed E-state index contributed by atoms with van der Waals surface area (Å²) < 4.78 is 4.47. The molecule has 4 heteroatoms. The maximum absolute atomic E-state index is 6.13. The van der Waals surface area contributed by atoms with E-state index in [1.54, 1.807) is 11.5 Å². The van der Waals surface area contributed by atoms with Gasteiger partial charge in [-0.05, 0) is 61.9 Å². The first kappa shape index (κ1) is 12.0. The van der Waals surface area contributed by atoms with Crippen molar-refractivity contribution in [3.05, 3.63) is 5.56 Å². The summed E-state index contributed by atoms with van der Waals surface area (Å²) in [4.78, 5) is 2.69. The predicted octanol–water partition coefficient (Wildman–Crippen LogP) is 3.76. The molecule has 19 heavy (non-hydrogen) atoms. The molecule has 1 aromatic heterocycles. The van der Waals surface area contributed by atoms with Crippen LogP contribution < -0.4 is 10.6 Å². The van der Waals surface area contributed by atoms with Crippen LogP contribution in [0.15, 0.2) is 0 Å². The molecule has 2 heterocycles. The van der Waals surface area contributed by atoms with E-state index in [4.69, 9.17) is 5.73 Å². The van der Waals surface area contributed by atoms with Crippen LogP contribution in [0.5, 0.6) is 0 Å². The zero-order chi connectivity index (χ0) is 12.8. The SMILES string of the molecule is Nc1nsc(N2CCC[C@H]3CCCC[C@H]32)c1C1CC1. The topological polar surface area (TPSA) is 42.1 Å². The number of anilines is 2. The van der Waals surface area contributed by atoms with Gasteiger partial charge in [0, 0.05) is 18.2 Å². The monoisotopic (exact) mass is 277 g/mol. The van der Waals surface area contributed by atoms with Gasteiger partial charge in [0.2, 0.25) is 0 Å². The second kappa shape index (κ2) is 4.65. The van der Waals surface area contributed by atoms with Crippen molar-refractivity contribution >= 4 is 22.4 Å². The molecule has 104 valence electrons. The van der Waals surface area contributed by atoms with Crippen molar-refractivity contribution in [1.29, 1.82) is 0 Å². The smallest absolute Gasteiger partial charge is 0.142 e. The lowest BCUT2D eigenvalue weighted by atomic mass is 9.78. The van der Waals surface area contributed by atoms with E-state index in [2.05, 4.69) is 9.27 Å². The van der Waals surface area contributed by atoms with Gasteiger partial charge in [0.15, 0.2) is 0 Å². The van der Waals surface area contributed by atoms with Crippen molar-refractivity contribution in [2.45, 2.75) is 63.3 Å². The fraction of sp³-hybridized carbons (Fsp3) is 0.800. The second-order valence-corrected chi connectivity index (χ2v) is 7.26. The Bertz CT molecular complexity index is 464. The number of aromatic nitrogens is 1. The lowest BCUT2D eigenvalue weighted by Crippen LogP contribution is -2.46. The molecule has 0 amide bonds. The van der Waals surface area contributed by atoms with Crippen molar-refractivity contribution in [3.8, 4) is 0 Å². The Kier molecular flexibility index (Phi) is 2.94. The van der Waals surface area contributed by atoms with E-state index in [-0.39, 0.29) is 0 Å². The quantitative estimate of drug-likeness (QED) is 0.895. The first-order valence-electron chi connectivity index (χ1n) is 7.86. The number of nitrogens with two attached hydrogens (primary N) is 1. The van der Waals surface area contributed by atoms with Crippen molar-refractivity contribution in [2.24, 2.45) is 5.92 Å². The summed E-state index contributed by atoms with van der Waals surface area (Å²) in [6.45, 7) is 1.22. The van der Waals surface area contributed by atoms with Crippen molar-refractivity contribution in [1.82, 2.24) is 4.37 Å². The van der Waals surface area contributed by atoms with Crippen molar-refractivity contribution < 1.29 is 0 Å². The Hall–Kier alpha value is -0.770. The average Bonchev–Trinajstić information content (AvgIpc) is 3.21. The Morgan fingerprint density at radius 1 is 1.05 bits per heavy atom. The highest BCUT2D eigenvalue weighted by Gasteiger charge is 2.38. The van der Waals surface area contributed by atoms with Crippen LogP contribution in [0, 0.1) is 5.92 Å². The van der Waals surface area contributed by atoms with E-state index < -0.39 is 0 Å². The molecule has 0 radical (unpaired) electrons. The van der Waals surface area contributed by atoms with Gasteiger partial charge >= 0.3 is 0 Å². The fourth-order valence-corrected chi connectivity index (χ4v) is 5.12. The maximum atomic E-state index is 6.13. The van der Waals surface area contributed by atoms with E-state index >= 15 is 0 Å². The Labute approximate surface area is 119 Å². The number of piperidine rings is 1. The molecule has 0 unspecified atom stereocenters. The molecule has 4 rings (SSSR count). The van der Waals surface area contributed by atoms with Gasteiger partial charge in [-0.2, -0.15) is 4.37 Å². The molecule has 1 aromatic rings. The number of rotatable bonds is 2. The summed E-state index contributed by atoms with van der Waals surface area (Å²) in [6.07, 6.45) is 11.1. The van der Waals surface area contributed by atoms with E-state index in [0.717, 1.165) is 23.7 Å². The van der Waals surface area contributed by atoms with Gasteiger partial charge in [0.05, 0.1) is 0 Å². The summed E-state index contributed by atoms with van der Waals surface area (Å²) in [5.41, 5.74) is 7.53. The Morgan fingerprint density at radius 3 is 2.68 bits per heavy atom. The largest absolute Gasteiger partial charge is 0.383 e. The molecule has 3 nitrogen and oxygen atoms in total. The van der Waals surface area contributed by atoms with Gasteiger partial charge in [-0.3, -0.25) is 0 Å². The molecule has 2 N–H and O–H groups in total.